The molecule has 4 aromatic carbocycles. The average molecular weight is 515 g/mol. The summed E-state index contributed by atoms with van der Waals surface area (Å²) in [6.07, 6.45) is 1.11. The summed E-state index contributed by atoms with van der Waals surface area (Å²) in [7, 11) is -3.77. The number of sulfonamides is 1. The minimum atomic E-state index is -3.77. The highest BCUT2D eigenvalue weighted by Crippen LogP contribution is 2.28. The van der Waals surface area contributed by atoms with Crippen LogP contribution in [-0.4, -0.2) is 31.5 Å². The molecular weight excluding hydrogens is 484 g/mol. The zero-order valence-electron chi connectivity index (χ0n) is 20.9. The number of hydrogen-bond acceptors (Lipinski definition) is 4. The monoisotopic (exact) mass is 514 g/mol. The predicted molar refractivity (Wildman–Crippen MR) is 147 cm³/mol. The Morgan fingerprint density at radius 1 is 0.703 bits per heavy atom. The third kappa shape index (κ3) is 6.98. The normalized spacial score (nSPS) is 11.9. The summed E-state index contributed by atoms with van der Waals surface area (Å²) in [6, 6.07) is 34.4. The zero-order chi connectivity index (χ0) is 26.3. The van der Waals surface area contributed by atoms with Crippen molar-refractivity contribution in [3.05, 3.63) is 126 Å². The maximum atomic E-state index is 13.8. The Morgan fingerprint density at radius 3 is 1.59 bits per heavy atom. The number of hydrogen-bond donors (Lipinski definition) is 0. The minimum Gasteiger partial charge on any atom is -0.457 e. The quantitative estimate of drug-likeness (QED) is 0.266. The van der Waals surface area contributed by atoms with Gasteiger partial charge in [-0.3, -0.25) is 9.10 Å². The summed E-state index contributed by atoms with van der Waals surface area (Å²) in [5.74, 6) is 0.955. The van der Waals surface area contributed by atoms with Gasteiger partial charge in [0, 0.05) is 13.1 Å². The lowest BCUT2D eigenvalue weighted by Gasteiger charge is -2.33. The lowest BCUT2D eigenvalue weighted by atomic mass is 10.1. The van der Waals surface area contributed by atoms with Crippen molar-refractivity contribution in [3.8, 4) is 11.5 Å². The highest BCUT2D eigenvalue weighted by Gasteiger charge is 2.32. The Hall–Kier alpha value is -4.10. The SMILES string of the molecule is CC(C(=O)N(Cc1ccccc1)Cc1ccccc1)N(c1ccc(Oc2ccccc2)cc1)S(C)(=O)=O. The van der Waals surface area contributed by atoms with Gasteiger partial charge in [0.05, 0.1) is 11.9 Å². The van der Waals surface area contributed by atoms with Crippen LogP contribution in [0.1, 0.15) is 18.1 Å². The van der Waals surface area contributed by atoms with E-state index < -0.39 is 16.1 Å². The van der Waals surface area contributed by atoms with Gasteiger partial charge in [0.15, 0.2) is 0 Å². The molecule has 0 saturated carbocycles. The van der Waals surface area contributed by atoms with Gasteiger partial charge in [0.25, 0.3) is 0 Å². The second-order valence-electron chi connectivity index (χ2n) is 8.81. The molecule has 0 bridgehead atoms. The minimum absolute atomic E-state index is 0.289. The molecule has 0 aromatic heterocycles. The molecule has 0 aliphatic carbocycles. The van der Waals surface area contributed by atoms with Crippen molar-refractivity contribution in [1.82, 2.24) is 4.90 Å². The van der Waals surface area contributed by atoms with E-state index in [2.05, 4.69) is 0 Å². The van der Waals surface area contributed by atoms with E-state index in [1.54, 1.807) is 36.1 Å². The third-order valence-electron chi connectivity index (χ3n) is 5.88. The van der Waals surface area contributed by atoms with Crippen LogP contribution in [0.15, 0.2) is 115 Å². The summed E-state index contributed by atoms with van der Waals surface area (Å²) >= 11 is 0. The van der Waals surface area contributed by atoms with E-state index in [1.807, 2.05) is 91.0 Å². The fourth-order valence-electron chi connectivity index (χ4n) is 4.17. The number of rotatable bonds is 10. The summed E-state index contributed by atoms with van der Waals surface area (Å²) in [4.78, 5) is 15.5. The second kappa shape index (κ2) is 11.8. The number of anilines is 1. The van der Waals surface area contributed by atoms with E-state index >= 15 is 0 Å². The van der Waals surface area contributed by atoms with Gasteiger partial charge in [-0.25, -0.2) is 8.42 Å². The van der Waals surface area contributed by atoms with Gasteiger partial charge in [0.2, 0.25) is 15.9 Å². The Labute approximate surface area is 218 Å². The van der Waals surface area contributed by atoms with Crippen LogP contribution in [0, 0.1) is 0 Å². The molecule has 0 saturated heterocycles. The van der Waals surface area contributed by atoms with E-state index in [4.69, 9.17) is 4.74 Å². The van der Waals surface area contributed by atoms with Crippen LogP contribution < -0.4 is 9.04 Å². The maximum Gasteiger partial charge on any atom is 0.246 e. The summed E-state index contributed by atoms with van der Waals surface area (Å²) in [6.45, 7) is 2.35. The number of amides is 1. The van der Waals surface area contributed by atoms with Crippen LogP contribution >= 0.6 is 0 Å². The molecule has 1 amide bonds. The highest BCUT2D eigenvalue weighted by molar-refractivity contribution is 7.92. The molecule has 37 heavy (non-hydrogen) atoms. The molecular formula is C30H30N2O4S. The van der Waals surface area contributed by atoms with Crippen molar-refractivity contribution in [2.45, 2.75) is 26.1 Å². The molecule has 4 aromatic rings. The van der Waals surface area contributed by atoms with Gasteiger partial charge >= 0.3 is 0 Å². The summed E-state index contributed by atoms with van der Waals surface area (Å²) < 4.78 is 32.8. The van der Waals surface area contributed by atoms with Crippen LogP contribution in [0.4, 0.5) is 5.69 Å². The molecule has 0 aliphatic rings. The van der Waals surface area contributed by atoms with Gasteiger partial charge in [-0.2, -0.15) is 0 Å². The van der Waals surface area contributed by atoms with Crippen molar-refractivity contribution >= 4 is 21.6 Å². The van der Waals surface area contributed by atoms with Crippen LogP contribution in [0.3, 0.4) is 0 Å². The van der Waals surface area contributed by atoms with Crippen LogP contribution in [0.2, 0.25) is 0 Å². The van der Waals surface area contributed by atoms with Gasteiger partial charge in [0.1, 0.15) is 17.5 Å². The van der Waals surface area contributed by atoms with Crippen molar-refractivity contribution in [3.63, 3.8) is 0 Å². The number of ether oxygens (including phenoxy) is 1. The highest BCUT2D eigenvalue weighted by atomic mass is 32.2. The van der Waals surface area contributed by atoms with Crippen LogP contribution in [0.25, 0.3) is 0 Å². The smallest absolute Gasteiger partial charge is 0.246 e. The first kappa shape index (κ1) is 26.0. The average Bonchev–Trinajstić information content (AvgIpc) is 2.90. The van der Waals surface area contributed by atoms with E-state index in [9.17, 15) is 13.2 Å². The second-order valence-corrected chi connectivity index (χ2v) is 10.7. The fourth-order valence-corrected chi connectivity index (χ4v) is 5.34. The first-order chi connectivity index (χ1) is 17.8. The molecule has 1 atom stereocenters. The molecule has 190 valence electrons. The molecule has 6 nitrogen and oxygen atoms in total. The summed E-state index contributed by atoms with van der Waals surface area (Å²) in [5.41, 5.74) is 2.32. The number of benzene rings is 4. The molecule has 0 N–H and O–H groups in total. The Bertz CT molecular complexity index is 1350. The van der Waals surface area contributed by atoms with E-state index in [0.29, 0.717) is 30.3 Å². The Balaban J connectivity index is 1.60. The number of para-hydroxylation sites is 1. The largest absolute Gasteiger partial charge is 0.457 e. The van der Waals surface area contributed by atoms with Crippen molar-refractivity contribution in [2.75, 3.05) is 10.6 Å². The van der Waals surface area contributed by atoms with Gasteiger partial charge in [-0.15, -0.1) is 0 Å². The molecule has 7 heteroatoms. The number of carbonyl (C=O) groups is 1. The topological polar surface area (TPSA) is 66.9 Å². The van der Waals surface area contributed by atoms with Gasteiger partial charge in [-0.1, -0.05) is 78.9 Å². The van der Waals surface area contributed by atoms with Crippen LogP contribution in [0.5, 0.6) is 11.5 Å². The zero-order valence-corrected chi connectivity index (χ0v) is 21.7. The lowest BCUT2D eigenvalue weighted by Crippen LogP contribution is -2.49. The van der Waals surface area contributed by atoms with E-state index in [-0.39, 0.29) is 5.91 Å². The number of carbonyl (C=O) groups excluding carboxylic acids is 1. The first-order valence-electron chi connectivity index (χ1n) is 12.0. The standard InChI is InChI=1S/C30H30N2O4S/c1-24(30(33)31(22-25-12-6-3-7-13-25)23-26-14-8-4-9-15-26)32(37(2,34)35)27-18-20-29(21-19-27)36-28-16-10-5-11-17-28/h3-21,24H,22-23H2,1-2H3. The van der Waals surface area contributed by atoms with Crippen LogP contribution in [-0.2, 0) is 27.9 Å². The maximum absolute atomic E-state index is 13.8. The molecule has 4 rings (SSSR count). The van der Waals surface area contributed by atoms with Crippen molar-refractivity contribution < 1.29 is 17.9 Å². The van der Waals surface area contributed by atoms with E-state index in [1.165, 1.54) is 4.31 Å². The lowest BCUT2D eigenvalue weighted by molar-refractivity contribution is -0.133. The first-order valence-corrected chi connectivity index (χ1v) is 13.8. The van der Waals surface area contributed by atoms with Gasteiger partial charge in [-0.05, 0) is 54.4 Å². The predicted octanol–water partition coefficient (Wildman–Crippen LogP) is 5.86. The number of nitrogens with zero attached hydrogens (tertiary/aromatic N) is 2. The molecule has 0 fully saturated rings. The van der Waals surface area contributed by atoms with E-state index in [0.717, 1.165) is 17.4 Å². The summed E-state index contributed by atoms with van der Waals surface area (Å²) in [5, 5.41) is 0. The molecule has 0 radical (unpaired) electrons. The molecule has 1 unspecified atom stereocenters. The van der Waals surface area contributed by atoms with Crippen molar-refractivity contribution in [1.29, 1.82) is 0 Å². The Kier molecular flexibility index (Phi) is 8.25. The Morgan fingerprint density at radius 2 is 1.14 bits per heavy atom. The molecule has 0 spiro atoms. The fraction of sp³-hybridized carbons (Fsp3) is 0.167. The van der Waals surface area contributed by atoms with Crippen molar-refractivity contribution in [2.24, 2.45) is 0 Å². The van der Waals surface area contributed by atoms with Gasteiger partial charge < -0.3 is 9.64 Å². The third-order valence-corrected chi connectivity index (χ3v) is 7.12. The molecule has 0 aliphatic heterocycles. The molecule has 0 heterocycles.